The molecule has 0 aliphatic carbocycles. The molecule has 0 spiro atoms. The molecule has 264 valence electrons. The van der Waals surface area contributed by atoms with Gasteiger partial charge in [0.1, 0.15) is 6.10 Å². The van der Waals surface area contributed by atoms with Crippen molar-refractivity contribution in [1.82, 2.24) is 0 Å². The van der Waals surface area contributed by atoms with Crippen molar-refractivity contribution in [2.45, 2.75) is 146 Å². The molecule has 0 radical (unpaired) electrons. The molecule has 0 atom stereocenters. The van der Waals surface area contributed by atoms with E-state index in [0.717, 1.165) is 12.8 Å². The molecule has 8 nitrogen and oxygen atoms in total. The van der Waals surface area contributed by atoms with Crippen LogP contribution in [0.4, 0.5) is 0 Å². The lowest BCUT2D eigenvalue weighted by Gasteiger charge is -2.39. The number of hydrogen-bond donors (Lipinski definition) is 2. The Labute approximate surface area is 266 Å². The van der Waals surface area contributed by atoms with Crippen LogP contribution in [0.15, 0.2) is 0 Å². The summed E-state index contributed by atoms with van der Waals surface area (Å²) in [7, 11) is -3.67. The average Bonchev–Trinajstić information content (AvgIpc) is 2.81. The smallest absolute Gasteiger partial charge is 0.192 e. The number of rotatable bonds is 20. The normalized spacial score (nSPS) is 12.0. The Balaban J connectivity index is -0.000000261. The fraction of sp³-hybridized carbons (Fsp3) is 1.00. The molecular formula is C32H80O8Si2. The zero-order valence-corrected chi connectivity index (χ0v) is 29.0. The fourth-order valence-electron chi connectivity index (χ4n) is 2.58. The van der Waals surface area contributed by atoms with Crippen molar-refractivity contribution in [2.24, 2.45) is 0 Å². The van der Waals surface area contributed by atoms with Crippen molar-refractivity contribution < 1.29 is 38.0 Å². The van der Waals surface area contributed by atoms with E-state index in [9.17, 15) is 0 Å². The minimum absolute atomic E-state index is 0. The topological polar surface area (TPSA) is 95.8 Å². The molecule has 0 amide bonds. The van der Waals surface area contributed by atoms with E-state index in [4.69, 9.17) is 33.3 Å². The molecule has 0 aromatic rings. The number of ether oxygens (including phenoxy) is 4. The second-order valence-corrected chi connectivity index (χ2v) is 22.2. The summed E-state index contributed by atoms with van der Waals surface area (Å²) >= 11 is 0. The summed E-state index contributed by atoms with van der Waals surface area (Å²) in [5, 5.41) is 16.5. The Hall–Kier alpha value is 0.114. The molecule has 0 fully saturated rings. The summed E-state index contributed by atoms with van der Waals surface area (Å²) < 4.78 is 35.2. The van der Waals surface area contributed by atoms with Crippen LogP contribution in [0, 0.1) is 0 Å². The molecule has 0 saturated carbocycles. The molecule has 0 bridgehead atoms. The highest BCUT2D eigenvalue weighted by Gasteiger charge is 2.39. The zero-order valence-electron chi connectivity index (χ0n) is 27.0. The quantitative estimate of drug-likeness (QED) is 0.101. The Bertz CT molecular complexity index is 512. The average molecular weight is 649 g/mol. The SMILES string of the molecule is C.C.C.C.CCC(CC)OCCOCCOC(CO[Si](C)(C)C(C)(C)C)CO[Si](C)(C)C(C)(C)C.OCCOCCO. The van der Waals surface area contributed by atoms with E-state index >= 15 is 0 Å². The standard InChI is InChI=1S/C24H54O5Si2.C4H10O3.4CH4/c1-13-21(14-2)26-17-15-25-16-18-27-22(19-28-30(9,10)23(3,4)5)20-29-31(11,12)24(6,7)8;5-1-3-7-4-2-6;;;;/h21-22H,13-20H2,1-12H3;5-6H,1-4H2;4*1H4. The van der Waals surface area contributed by atoms with Gasteiger partial charge in [0.2, 0.25) is 0 Å². The van der Waals surface area contributed by atoms with Gasteiger partial charge >= 0.3 is 0 Å². The highest BCUT2D eigenvalue weighted by Crippen LogP contribution is 2.38. The van der Waals surface area contributed by atoms with Crippen LogP contribution in [0.3, 0.4) is 0 Å². The van der Waals surface area contributed by atoms with Crippen molar-refractivity contribution in [3.63, 3.8) is 0 Å². The van der Waals surface area contributed by atoms with E-state index in [-0.39, 0.29) is 59.1 Å². The van der Waals surface area contributed by atoms with Crippen LogP contribution >= 0.6 is 0 Å². The Morgan fingerprint density at radius 3 is 1.12 bits per heavy atom. The highest BCUT2D eigenvalue weighted by atomic mass is 28.4. The van der Waals surface area contributed by atoms with Crippen LogP contribution in [0.25, 0.3) is 0 Å². The second kappa shape index (κ2) is 28.6. The maximum atomic E-state index is 8.09. The lowest BCUT2D eigenvalue weighted by Crippen LogP contribution is -2.46. The van der Waals surface area contributed by atoms with Gasteiger partial charge in [0.25, 0.3) is 0 Å². The van der Waals surface area contributed by atoms with Gasteiger partial charge in [0.15, 0.2) is 16.6 Å². The van der Waals surface area contributed by atoms with Gasteiger partial charge in [0.05, 0.1) is 72.2 Å². The Morgan fingerprint density at radius 2 is 0.833 bits per heavy atom. The molecule has 0 aromatic carbocycles. The van der Waals surface area contributed by atoms with Gasteiger partial charge < -0.3 is 38.0 Å². The van der Waals surface area contributed by atoms with Crippen LogP contribution in [-0.2, 0) is 27.8 Å². The van der Waals surface area contributed by atoms with Gasteiger partial charge in [0, 0.05) is 0 Å². The van der Waals surface area contributed by atoms with Gasteiger partial charge in [-0.15, -0.1) is 0 Å². The summed E-state index contributed by atoms with van der Waals surface area (Å²) in [6.07, 6.45) is 2.35. The van der Waals surface area contributed by atoms with Crippen LogP contribution in [-0.4, -0.2) is 105 Å². The number of hydrogen-bond acceptors (Lipinski definition) is 8. The van der Waals surface area contributed by atoms with Crippen molar-refractivity contribution in [2.75, 3.05) is 66.1 Å². The maximum Gasteiger partial charge on any atom is 0.192 e. The number of aliphatic hydroxyl groups excluding tert-OH is 2. The first kappa shape index (κ1) is 54.6. The van der Waals surface area contributed by atoms with E-state index in [1.54, 1.807) is 0 Å². The largest absolute Gasteiger partial charge is 0.414 e. The molecule has 0 unspecified atom stereocenters. The van der Waals surface area contributed by atoms with E-state index in [1.165, 1.54) is 0 Å². The second-order valence-electron chi connectivity index (χ2n) is 12.6. The first-order valence-corrected chi connectivity index (χ1v) is 20.2. The summed E-state index contributed by atoms with van der Waals surface area (Å²) in [6.45, 7) is 31.2. The van der Waals surface area contributed by atoms with Gasteiger partial charge in [-0.25, -0.2) is 0 Å². The van der Waals surface area contributed by atoms with E-state index in [1.807, 2.05) is 0 Å². The monoisotopic (exact) mass is 649 g/mol. The molecule has 0 rings (SSSR count). The fourth-order valence-corrected chi connectivity index (χ4v) is 4.66. The van der Waals surface area contributed by atoms with Crippen LogP contribution in [0.2, 0.25) is 36.3 Å². The zero-order chi connectivity index (χ0) is 29.9. The maximum absolute atomic E-state index is 8.09. The molecule has 0 aromatic heterocycles. The Kier molecular flexibility index (Phi) is 37.1. The third-order valence-electron chi connectivity index (χ3n) is 7.42. The minimum atomic E-state index is -1.83. The first-order valence-electron chi connectivity index (χ1n) is 14.4. The summed E-state index contributed by atoms with van der Waals surface area (Å²) in [6, 6.07) is 0. The summed E-state index contributed by atoms with van der Waals surface area (Å²) in [4.78, 5) is 0. The van der Waals surface area contributed by atoms with Crippen LogP contribution < -0.4 is 0 Å². The minimum Gasteiger partial charge on any atom is -0.414 e. The van der Waals surface area contributed by atoms with Crippen molar-refractivity contribution in [3.05, 3.63) is 0 Å². The molecule has 0 heterocycles. The van der Waals surface area contributed by atoms with Crippen molar-refractivity contribution in [3.8, 4) is 0 Å². The van der Waals surface area contributed by atoms with Crippen LogP contribution in [0.5, 0.6) is 0 Å². The van der Waals surface area contributed by atoms with Crippen LogP contribution in [0.1, 0.15) is 97.9 Å². The van der Waals surface area contributed by atoms with Gasteiger partial charge in [-0.1, -0.05) is 85.1 Å². The lowest BCUT2D eigenvalue weighted by molar-refractivity contribution is -0.0493. The van der Waals surface area contributed by atoms with E-state index in [2.05, 4.69) is 86.3 Å². The molecular weight excluding hydrogens is 569 g/mol. The summed E-state index contributed by atoms with van der Waals surface area (Å²) in [5.41, 5.74) is 0. The van der Waals surface area contributed by atoms with Gasteiger partial charge in [-0.2, -0.15) is 0 Å². The lowest BCUT2D eigenvalue weighted by atomic mass is 10.2. The predicted octanol–water partition coefficient (Wildman–Crippen LogP) is 8.17. The van der Waals surface area contributed by atoms with E-state index in [0.29, 0.717) is 59.0 Å². The van der Waals surface area contributed by atoms with Crippen molar-refractivity contribution >= 4 is 16.6 Å². The molecule has 0 aliphatic heterocycles. The third kappa shape index (κ3) is 26.5. The molecule has 10 heteroatoms. The molecule has 0 saturated heterocycles. The Morgan fingerprint density at radius 1 is 0.524 bits per heavy atom. The van der Waals surface area contributed by atoms with E-state index < -0.39 is 16.6 Å². The predicted molar refractivity (Wildman–Crippen MR) is 189 cm³/mol. The first-order chi connectivity index (χ1) is 17.5. The number of aliphatic hydroxyl groups is 2. The van der Waals surface area contributed by atoms with Crippen molar-refractivity contribution in [1.29, 1.82) is 0 Å². The third-order valence-corrected chi connectivity index (χ3v) is 16.4. The highest BCUT2D eigenvalue weighted by molar-refractivity contribution is 6.74. The molecule has 0 aliphatic rings. The van der Waals surface area contributed by atoms with Gasteiger partial charge in [-0.05, 0) is 49.1 Å². The summed E-state index contributed by atoms with van der Waals surface area (Å²) in [5.74, 6) is 0. The molecule has 2 N–H and O–H groups in total. The van der Waals surface area contributed by atoms with Gasteiger partial charge in [-0.3, -0.25) is 0 Å². The molecule has 42 heavy (non-hydrogen) atoms.